The number of carbonyl (C=O) groups is 1. The van der Waals surface area contributed by atoms with Gasteiger partial charge in [-0.1, -0.05) is 6.07 Å². The molecular formula is C11H8FN3O2. The van der Waals surface area contributed by atoms with Gasteiger partial charge >= 0.3 is 5.97 Å². The number of nitrogen functional groups attached to an aromatic ring is 1. The summed E-state index contributed by atoms with van der Waals surface area (Å²) in [5.41, 5.74) is 6.01. The zero-order valence-corrected chi connectivity index (χ0v) is 8.59. The first kappa shape index (κ1) is 11.0. The molecule has 0 radical (unpaired) electrons. The molecule has 5 nitrogen and oxygen atoms in total. The van der Waals surface area contributed by atoms with Crippen molar-refractivity contribution < 1.29 is 14.3 Å². The first-order valence-corrected chi connectivity index (χ1v) is 4.68. The number of nitrogens with two attached hydrogens (primary N) is 1. The van der Waals surface area contributed by atoms with Crippen molar-refractivity contribution in [2.24, 2.45) is 0 Å². The molecule has 6 heteroatoms. The summed E-state index contributed by atoms with van der Waals surface area (Å²) in [6.07, 6.45) is 2.88. The molecule has 0 saturated carbocycles. The maximum atomic E-state index is 13.4. The van der Waals surface area contributed by atoms with Gasteiger partial charge in [0.2, 0.25) is 5.95 Å². The summed E-state index contributed by atoms with van der Waals surface area (Å²) in [6.45, 7) is 0. The first-order chi connectivity index (χ1) is 8.08. The van der Waals surface area contributed by atoms with Gasteiger partial charge < -0.3 is 10.8 Å². The Labute approximate surface area is 95.8 Å². The van der Waals surface area contributed by atoms with Crippen molar-refractivity contribution in [3.05, 3.63) is 42.0 Å². The smallest absolute Gasteiger partial charge is 0.338 e. The largest absolute Gasteiger partial charge is 0.478 e. The predicted molar refractivity (Wildman–Crippen MR) is 58.8 cm³/mol. The monoisotopic (exact) mass is 233 g/mol. The van der Waals surface area contributed by atoms with Crippen LogP contribution in [-0.2, 0) is 0 Å². The minimum absolute atomic E-state index is 0.122. The molecular weight excluding hydrogens is 225 g/mol. The fraction of sp³-hybridized carbons (Fsp3) is 0. The van der Waals surface area contributed by atoms with Crippen molar-refractivity contribution in [2.75, 3.05) is 5.73 Å². The lowest BCUT2D eigenvalue weighted by Gasteiger charge is -2.03. The van der Waals surface area contributed by atoms with Gasteiger partial charge in [-0.05, 0) is 17.7 Å². The number of aromatic nitrogens is 2. The second-order valence-corrected chi connectivity index (χ2v) is 3.33. The van der Waals surface area contributed by atoms with E-state index < -0.39 is 11.8 Å². The molecule has 0 bridgehead atoms. The molecule has 0 atom stereocenters. The highest BCUT2D eigenvalue weighted by molar-refractivity contribution is 5.88. The van der Waals surface area contributed by atoms with E-state index in [0.29, 0.717) is 11.1 Å². The van der Waals surface area contributed by atoms with E-state index in [1.54, 1.807) is 0 Å². The summed E-state index contributed by atoms with van der Waals surface area (Å²) >= 11 is 0. The maximum Gasteiger partial charge on any atom is 0.338 e. The SMILES string of the molecule is Nc1ncc(-c2ccc(C(=O)O)c(F)c2)cn1. The van der Waals surface area contributed by atoms with Crippen LogP contribution < -0.4 is 5.73 Å². The maximum absolute atomic E-state index is 13.4. The molecule has 0 amide bonds. The number of rotatable bonds is 2. The predicted octanol–water partition coefficient (Wildman–Crippen LogP) is 1.56. The third-order valence-corrected chi connectivity index (χ3v) is 2.20. The molecule has 2 rings (SSSR count). The topological polar surface area (TPSA) is 89.1 Å². The second kappa shape index (κ2) is 4.17. The van der Waals surface area contributed by atoms with Crippen LogP contribution in [0.4, 0.5) is 10.3 Å². The van der Waals surface area contributed by atoms with E-state index in [2.05, 4.69) is 9.97 Å². The number of aromatic carboxylic acids is 1. The lowest BCUT2D eigenvalue weighted by Crippen LogP contribution is -2.00. The van der Waals surface area contributed by atoms with Crippen LogP contribution in [0.15, 0.2) is 30.6 Å². The molecule has 1 aromatic heterocycles. The number of nitrogens with zero attached hydrogens (tertiary/aromatic N) is 2. The highest BCUT2D eigenvalue weighted by Gasteiger charge is 2.11. The van der Waals surface area contributed by atoms with E-state index in [-0.39, 0.29) is 11.5 Å². The van der Waals surface area contributed by atoms with Crippen LogP contribution >= 0.6 is 0 Å². The summed E-state index contributed by atoms with van der Waals surface area (Å²) in [5.74, 6) is -1.98. The van der Waals surface area contributed by atoms with E-state index >= 15 is 0 Å². The number of carboxylic acids is 1. The van der Waals surface area contributed by atoms with Crippen LogP contribution in [0.1, 0.15) is 10.4 Å². The molecule has 0 saturated heterocycles. The third kappa shape index (κ3) is 2.20. The summed E-state index contributed by atoms with van der Waals surface area (Å²) in [7, 11) is 0. The van der Waals surface area contributed by atoms with Crippen LogP contribution in [0.5, 0.6) is 0 Å². The van der Waals surface area contributed by atoms with Gasteiger partial charge in [-0.25, -0.2) is 19.2 Å². The lowest BCUT2D eigenvalue weighted by atomic mass is 10.1. The molecule has 86 valence electrons. The molecule has 3 N–H and O–H groups in total. The van der Waals surface area contributed by atoms with Crippen LogP contribution in [0.2, 0.25) is 0 Å². The number of hydrogen-bond acceptors (Lipinski definition) is 4. The number of benzene rings is 1. The fourth-order valence-corrected chi connectivity index (χ4v) is 1.36. The van der Waals surface area contributed by atoms with Crippen LogP contribution in [0.25, 0.3) is 11.1 Å². The van der Waals surface area contributed by atoms with Crippen molar-refractivity contribution in [2.45, 2.75) is 0 Å². The number of anilines is 1. The normalized spacial score (nSPS) is 10.2. The quantitative estimate of drug-likeness (QED) is 0.821. The van der Waals surface area contributed by atoms with Crippen LogP contribution in [-0.4, -0.2) is 21.0 Å². The molecule has 2 aromatic rings. The van der Waals surface area contributed by atoms with Gasteiger partial charge in [0, 0.05) is 18.0 Å². The summed E-state index contributed by atoms with van der Waals surface area (Å²) in [4.78, 5) is 18.2. The van der Waals surface area contributed by atoms with Gasteiger partial charge in [0.1, 0.15) is 5.82 Å². The van der Waals surface area contributed by atoms with Crippen molar-refractivity contribution in [1.29, 1.82) is 0 Å². The highest BCUT2D eigenvalue weighted by atomic mass is 19.1. The van der Waals surface area contributed by atoms with Crippen molar-refractivity contribution in [1.82, 2.24) is 9.97 Å². The van der Waals surface area contributed by atoms with Gasteiger partial charge in [-0.3, -0.25) is 0 Å². The Kier molecular flexibility index (Phi) is 2.70. The Balaban J connectivity index is 2.44. The zero-order valence-electron chi connectivity index (χ0n) is 8.59. The van der Waals surface area contributed by atoms with Crippen molar-refractivity contribution in [3.63, 3.8) is 0 Å². The third-order valence-electron chi connectivity index (χ3n) is 2.20. The zero-order chi connectivity index (χ0) is 12.4. The van der Waals surface area contributed by atoms with Crippen LogP contribution in [0, 0.1) is 5.82 Å². The van der Waals surface area contributed by atoms with Crippen molar-refractivity contribution >= 4 is 11.9 Å². The molecule has 0 spiro atoms. The van der Waals surface area contributed by atoms with E-state index in [1.807, 2.05) is 0 Å². The Morgan fingerprint density at radius 1 is 1.24 bits per heavy atom. The highest BCUT2D eigenvalue weighted by Crippen LogP contribution is 2.20. The standard InChI is InChI=1S/C11H8FN3O2/c12-9-3-6(1-2-8(9)10(16)17)7-4-14-11(13)15-5-7/h1-5H,(H,16,17)(H2,13,14,15). The van der Waals surface area contributed by atoms with Gasteiger partial charge in [-0.2, -0.15) is 0 Å². The Bertz CT molecular complexity index is 569. The van der Waals surface area contributed by atoms with E-state index in [9.17, 15) is 9.18 Å². The first-order valence-electron chi connectivity index (χ1n) is 4.68. The summed E-state index contributed by atoms with van der Waals surface area (Å²) in [5, 5.41) is 8.68. The van der Waals surface area contributed by atoms with Crippen LogP contribution in [0.3, 0.4) is 0 Å². The molecule has 17 heavy (non-hydrogen) atoms. The molecule has 1 heterocycles. The van der Waals surface area contributed by atoms with Crippen molar-refractivity contribution in [3.8, 4) is 11.1 Å². The Morgan fingerprint density at radius 2 is 1.88 bits per heavy atom. The van der Waals surface area contributed by atoms with Gasteiger partial charge in [-0.15, -0.1) is 0 Å². The summed E-state index contributed by atoms with van der Waals surface area (Å²) < 4.78 is 13.4. The molecule has 0 unspecified atom stereocenters. The van der Waals surface area contributed by atoms with E-state index in [0.717, 1.165) is 6.07 Å². The number of halogens is 1. The molecule has 0 aliphatic carbocycles. The summed E-state index contributed by atoms with van der Waals surface area (Å²) in [6, 6.07) is 3.81. The average Bonchev–Trinajstić information content (AvgIpc) is 2.29. The molecule has 0 fully saturated rings. The molecule has 0 aliphatic heterocycles. The van der Waals surface area contributed by atoms with E-state index in [4.69, 9.17) is 10.8 Å². The average molecular weight is 233 g/mol. The molecule has 1 aromatic carbocycles. The Morgan fingerprint density at radius 3 is 2.41 bits per heavy atom. The lowest BCUT2D eigenvalue weighted by molar-refractivity contribution is 0.0692. The van der Waals surface area contributed by atoms with Gasteiger partial charge in [0.25, 0.3) is 0 Å². The van der Waals surface area contributed by atoms with E-state index in [1.165, 1.54) is 24.5 Å². The minimum Gasteiger partial charge on any atom is -0.478 e. The number of carboxylic acid groups (broad SMARTS) is 1. The fourth-order valence-electron chi connectivity index (χ4n) is 1.36. The Hall–Kier alpha value is -2.50. The van der Waals surface area contributed by atoms with Gasteiger partial charge in [0.05, 0.1) is 5.56 Å². The molecule has 0 aliphatic rings. The van der Waals surface area contributed by atoms with Gasteiger partial charge in [0.15, 0.2) is 0 Å². The second-order valence-electron chi connectivity index (χ2n) is 3.33. The number of hydrogen-bond donors (Lipinski definition) is 2. The minimum atomic E-state index is -1.30.